The quantitative estimate of drug-likeness (QED) is 0.841. The number of furan rings is 1. The lowest BCUT2D eigenvalue weighted by molar-refractivity contribution is 0.0934. The lowest BCUT2D eigenvalue weighted by Gasteiger charge is -2.34. The first-order valence-electron chi connectivity index (χ1n) is 7.62. The van der Waals surface area contributed by atoms with Gasteiger partial charge in [-0.15, -0.1) is 0 Å². The summed E-state index contributed by atoms with van der Waals surface area (Å²) in [6.45, 7) is 2.66. The Labute approximate surface area is 148 Å². The number of hydrogen-bond donors (Lipinski definition) is 1. The van der Waals surface area contributed by atoms with E-state index in [1.807, 2.05) is 42.1 Å². The fraction of sp³-hybridized carbons (Fsp3) is 0.353. The molecule has 0 spiro atoms. The second-order valence-corrected chi connectivity index (χ2v) is 7.58. The van der Waals surface area contributed by atoms with Gasteiger partial charge in [-0.2, -0.15) is 11.8 Å². The van der Waals surface area contributed by atoms with Gasteiger partial charge in [0.1, 0.15) is 0 Å². The van der Waals surface area contributed by atoms with Crippen molar-refractivity contribution in [3.8, 4) is 0 Å². The van der Waals surface area contributed by atoms with E-state index >= 15 is 0 Å². The maximum Gasteiger partial charge on any atom is 0.251 e. The van der Waals surface area contributed by atoms with Gasteiger partial charge in [0.2, 0.25) is 0 Å². The topological polar surface area (TPSA) is 45.5 Å². The summed E-state index contributed by atoms with van der Waals surface area (Å²) >= 11 is 5.36. The number of hydrogen-bond acceptors (Lipinski definition) is 4. The first kappa shape index (κ1) is 16.6. The van der Waals surface area contributed by atoms with E-state index in [1.165, 1.54) is 0 Å². The maximum absolute atomic E-state index is 12.3. The van der Waals surface area contributed by atoms with Crippen LogP contribution in [-0.2, 0) is 0 Å². The van der Waals surface area contributed by atoms with Crippen molar-refractivity contribution in [1.29, 1.82) is 0 Å². The molecule has 1 aromatic heterocycles. The normalized spacial score (nSPS) is 16.9. The van der Waals surface area contributed by atoms with Crippen molar-refractivity contribution in [1.82, 2.24) is 10.2 Å². The molecule has 1 fully saturated rings. The van der Waals surface area contributed by atoms with Crippen LogP contribution in [-0.4, -0.2) is 41.9 Å². The van der Waals surface area contributed by atoms with Crippen molar-refractivity contribution in [2.45, 2.75) is 6.04 Å². The average Bonchev–Trinajstić information content (AvgIpc) is 3.11. The molecule has 4 nitrogen and oxygen atoms in total. The molecule has 0 aliphatic carbocycles. The van der Waals surface area contributed by atoms with Crippen LogP contribution in [0.15, 0.2) is 51.7 Å². The van der Waals surface area contributed by atoms with Gasteiger partial charge in [-0.05, 0) is 30.3 Å². The molecule has 1 N–H and O–H groups in total. The van der Waals surface area contributed by atoms with Gasteiger partial charge < -0.3 is 9.73 Å². The number of rotatable bonds is 5. The van der Waals surface area contributed by atoms with Crippen molar-refractivity contribution in [3.63, 3.8) is 0 Å². The predicted molar refractivity (Wildman–Crippen MR) is 96.8 cm³/mol. The molecule has 1 amide bonds. The zero-order chi connectivity index (χ0) is 16.1. The van der Waals surface area contributed by atoms with Crippen molar-refractivity contribution in [3.05, 3.63) is 58.5 Å². The molecule has 1 saturated heterocycles. The van der Waals surface area contributed by atoms with E-state index in [0.29, 0.717) is 12.1 Å². The van der Waals surface area contributed by atoms with Crippen molar-refractivity contribution in [2.24, 2.45) is 0 Å². The summed E-state index contributed by atoms with van der Waals surface area (Å²) in [5, 5.41) is 3.06. The second-order valence-electron chi connectivity index (χ2n) is 5.44. The summed E-state index contributed by atoms with van der Waals surface area (Å²) in [4.78, 5) is 14.8. The molecule has 6 heteroatoms. The molecular weight excluding hydrogens is 376 g/mol. The number of nitrogens with zero attached hydrogens (tertiary/aromatic N) is 1. The van der Waals surface area contributed by atoms with Crippen LogP contribution in [0, 0.1) is 0 Å². The van der Waals surface area contributed by atoms with Crippen LogP contribution in [0.5, 0.6) is 0 Å². The minimum Gasteiger partial charge on any atom is -0.472 e. The van der Waals surface area contributed by atoms with Crippen LogP contribution in [0.1, 0.15) is 22.0 Å². The van der Waals surface area contributed by atoms with Crippen LogP contribution >= 0.6 is 27.7 Å². The third-order valence-electron chi connectivity index (χ3n) is 3.98. The summed E-state index contributed by atoms with van der Waals surface area (Å²) < 4.78 is 6.21. The standard InChI is InChI=1S/C17H19BrN2O2S/c18-15-3-1-13(2-4-15)17(21)19-11-16(14-5-8-22-12-14)20-6-9-23-10-7-20/h1-5,8,12,16H,6-7,9-11H2,(H,19,21). The molecule has 1 aromatic carbocycles. The molecule has 0 saturated carbocycles. The molecule has 23 heavy (non-hydrogen) atoms. The number of carbonyl (C=O) groups is 1. The minimum atomic E-state index is -0.0441. The first-order chi connectivity index (χ1) is 11.2. The summed E-state index contributed by atoms with van der Waals surface area (Å²) in [6.07, 6.45) is 3.47. The molecule has 1 aliphatic rings. The lowest BCUT2D eigenvalue weighted by Crippen LogP contribution is -2.41. The highest BCUT2D eigenvalue weighted by atomic mass is 79.9. The molecule has 1 atom stereocenters. The summed E-state index contributed by atoms with van der Waals surface area (Å²) in [5.41, 5.74) is 1.79. The highest BCUT2D eigenvalue weighted by Crippen LogP contribution is 2.24. The molecular formula is C17H19BrN2O2S. The first-order valence-corrected chi connectivity index (χ1v) is 9.56. The van der Waals surface area contributed by atoms with Crippen LogP contribution < -0.4 is 5.32 Å². The molecule has 2 heterocycles. The third kappa shape index (κ3) is 4.40. The number of thioether (sulfide) groups is 1. The monoisotopic (exact) mass is 394 g/mol. The van der Waals surface area contributed by atoms with Crippen LogP contribution in [0.4, 0.5) is 0 Å². The predicted octanol–water partition coefficient (Wildman–Crippen LogP) is 3.56. The maximum atomic E-state index is 12.3. The van der Waals surface area contributed by atoms with Gasteiger partial charge in [0.25, 0.3) is 5.91 Å². The van der Waals surface area contributed by atoms with Gasteiger partial charge in [0.05, 0.1) is 18.6 Å². The van der Waals surface area contributed by atoms with Crippen molar-refractivity contribution < 1.29 is 9.21 Å². The Hall–Kier alpha value is -1.24. The Morgan fingerprint density at radius 3 is 2.65 bits per heavy atom. The van der Waals surface area contributed by atoms with Crippen molar-refractivity contribution >= 4 is 33.6 Å². The third-order valence-corrected chi connectivity index (χ3v) is 5.45. The minimum absolute atomic E-state index is 0.0441. The van der Waals surface area contributed by atoms with Gasteiger partial charge in [-0.1, -0.05) is 15.9 Å². The smallest absolute Gasteiger partial charge is 0.251 e. The Balaban J connectivity index is 1.66. The van der Waals surface area contributed by atoms with Crippen LogP contribution in [0.25, 0.3) is 0 Å². The Kier molecular flexibility index (Phi) is 5.80. The number of nitrogens with one attached hydrogen (secondary N) is 1. The SMILES string of the molecule is O=C(NCC(c1ccoc1)N1CCSCC1)c1ccc(Br)cc1. The Bertz CT molecular complexity index is 625. The highest BCUT2D eigenvalue weighted by Gasteiger charge is 2.24. The summed E-state index contributed by atoms with van der Waals surface area (Å²) in [6, 6.07) is 9.55. The molecule has 1 unspecified atom stereocenters. The van der Waals surface area contributed by atoms with Crippen molar-refractivity contribution in [2.75, 3.05) is 31.1 Å². The summed E-state index contributed by atoms with van der Waals surface area (Å²) in [5.74, 6) is 2.22. The molecule has 2 aromatic rings. The van der Waals surface area contributed by atoms with E-state index in [2.05, 4.69) is 26.1 Å². The van der Waals surface area contributed by atoms with E-state index in [0.717, 1.165) is 34.6 Å². The number of halogens is 1. The Morgan fingerprint density at radius 2 is 2.00 bits per heavy atom. The van der Waals surface area contributed by atoms with E-state index in [4.69, 9.17) is 4.42 Å². The number of carbonyl (C=O) groups excluding carboxylic acids is 1. The molecule has 122 valence electrons. The fourth-order valence-electron chi connectivity index (χ4n) is 2.70. The molecule has 3 rings (SSSR count). The van der Waals surface area contributed by atoms with Gasteiger partial charge in [0.15, 0.2) is 0 Å². The second kappa shape index (κ2) is 8.04. The molecule has 1 aliphatic heterocycles. The van der Waals surface area contributed by atoms with E-state index in [9.17, 15) is 4.79 Å². The molecule has 0 bridgehead atoms. The van der Waals surface area contributed by atoms with E-state index in [-0.39, 0.29) is 11.9 Å². The zero-order valence-corrected chi connectivity index (χ0v) is 15.1. The lowest BCUT2D eigenvalue weighted by atomic mass is 10.1. The highest BCUT2D eigenvalue weighted by molar-refractivity contribution is 9.10. The van der Waals surface area contributed by atoms with Crippen LogP contribution in [0.2, 0.25) is 0 Å². The van der Waals surface area contributed by atoms with Gasteiger partial charge in [-0.25, -0.2) is 0 Å². The van der Waals surface area contributed by atoms with Gasteiger partial charge in [0, 0.05) is 46.7 Å². The van der Waals surface area contributed by atoms with E-state index in [1.54, 1.807) is 12.5 Å². The largest absolute Gasteiger partial charge is 0.472 e. The summed E-state index contributed by atoms with van der Waals surface area (Å²) in [7, 11) is 0. The Morgan fingerprint density at radius 1 is 1.26 bits per heavy atom. The van der Waals surface area contributed by atoms with E-state index < -0.39 is 0 Å². The average molecular weight is 395 g/mol. The zero-order valence-electron chi connectivity index (χ0n) is 12.7. The van der Waals surface area contributed by atoms with Gasteiger partial charge in [-0.3, -0.25) is 9.69 Å². The number of benzene rings is 1. The molecule has 0 radical (unpaired) electrons. The fourth-order valence-corrected chi connectivity index (χ4v) is 3.90. The number of amides is 1. The van der Waals surface area contributed by atoms with Gasteiger partial charge >= 0.3 is 0 Å². The van der Waals surface area contributed by atoms with Crippen LogP contribution in [0.3, 0.4) is 0 Å².